The van der Waals surface area contributed by atoms with Crippen LogP contribution in [0, 0.1) is 0 Å². The molecule has 0 saturated carbocycles. The van der Waals surface area contributed by atoms with Crippen molar-refractivity contribution in [1.29, 1.82) is 0 Å². The number of anilines is 1. The quantitative estimate of drug-likeness (QED) is 0.636. The van der Waals surface area contributed by atoms with Crippen LogP contribution in [0.2, 0.25) is 0 Å². The SMILES string of the molecule is CC(C)(C)OC(=O)C(C)(C)Oc1ccccc1Oc1ccc(N)cc1. The molecule has 0 bridgehead atoms. The van der Waals surface area contributed by atoms with Gasteiger partial charge in [-0.05, 0) is 71.0 Å². The number of carbonyl (C=O) groups is 1. The Bertz CT molecular complexity index is 730. The Hall–Kier alpha value is -2.69. The highest BCUT2D eigenvalue weighted by Gasteiger charge is 2.35. The van der Waals surface area contributed by atoms with Crippen LogP contribution in [0.15, 0.2) is 48.5 Å². The maximum Gasteiger partial charge on any atom is 0.350 e. The molecule has 25 heavy (non-hydrogen) atoms. The summed E-state index contributed by atoms with van der Waals surface area (Å²) in [5.41, 5.74) is 4.60. The first-order chi connectivity index (χ1) is 11.6. The number of benzene rings is 2. The zero-order chi connectivity index (χ0) is 18.7. The lowest BCUT2D eigenvalue weighted by Crippen LogP contribution is -2.43. The molecule has 0 amide bonds. The number of esters is 1. The molecule has 0 spiro atoms. The third-order valence-electron chi connectivity index (χ3n) is 3.21. The van der Waals surface area contributed by atoms with Crippen molar-refractivity contribution in [3.8, 4) is 17.2 Å². The Kier molecular flexibility index (Phi) is 5.26. The third-order valence-corrected chi connectivity index (χ3v) is 3.21. The third kappa shape index (κ3) is 5.41. The van der Waals surface area contributed by atoms with Crippen molar-refractivity contribution >= 4 is 11.7 Å². The first-order valence-electron chi connectivity index (χ1n) is 8.12. The molecule has 0 aromatic heterocycles. The van der Waals surface area contributed by atoms with Crippen LogP contribution >= 0.6 is 0 Å². The van der Waals surface area contributed by atoms with Crippen LogP contribution in [0.3, 0.4) is 0 Å². The first-order valence-corrected chi connectivity index (χ1v) is 8.12. The van der Waals surface area contributed by atoms with E-state index in [-0.39, 0.29) is 0 Å². The van der Waals surface area contributed by atoms with E-state index in [9.17, 15) is 4.79 Å². The Morgan fingerprint density at radius 2 is 1.44 bits per heavy atom. The maximum atomic E-state index is 12.4. The molecule has 0 saturated heterocycles. The molecule has 0 radical (unpaired) electrons. The van der Waals surface area contributed by atoms with Crippen molar-refractivity contribution in [1.82, 2.24) is 0 Å². The predicted octanol–water partition coefficient (Wildman–Crippen LogP) is 4.56. The minimum Gasteiger partial charge on any atom is -0.472 e. The Morgan fingerprint density at radius 1 is 0.880 bits per heavy atom. The van der Waals surface area contributed by atoms with Crippen molar-refractivity contribution in [2.75, 3.05) is 5.73 Å². The second-order valence-electron chi connectivity index (χ2n) is 7.23. The summed E-state index contributed by atoms with van der Waals surface area (Å²) in [5, 5.41) is 0. The molecule has 5 heteroatoms. The van der Waals surface area contributed by atoms with Crippen molar-refractivity contribution < 1.29 is 19.0 Å². The molecule has 2 N–H and O–H groups in total. The molecule has 0 unspecified atom stereocenters. The van der Waals surface area contributed by atoms with Crippen molar-refractivity contribution in [3.05, 3.63) is 48.5 Å². The molecule has 0 aliphatic rings. The van der Waals surface area contributed by atoms with Gasteiger partial charge in [0.05, 0.1) is 0 Å². The number of rotatable bonds is 5. The number of nitrogens with two attached hydrogens (primary N) is 1. The molecule has 5 nitrogen and oxygen atoms in total. The highest BCUT2D eigenvalue weighted by atomic mass is 16.6. The van der Waals surface area contributed by atoms with Gasteiger partial charge in [-0.15, -0.1) is 0 Å². The fourth-order valence-electron chi connectivity index (χ4n) is 2.00. The lowest BCUT2D eigenvalue weighted by atomic mass is 10.1. The molecule has 0 aliphatic carbocycles. The summed E-state index contributed by atoms with van der Waals surface area (Å²) in [7, 11) is 0. The van der Waals surface area contributed by atoms with E-state index in [1.165, 1.54) is 0 Å². The van der Waals surface area contributed by atoms with Crippen molar-refractivity contribution in [2.24, 2.45) is 0 Å². The van der Waals surface area contributed by atoms with Gasteiger partial charge in [-0.2, -0.15) is 0 Å². The number of hydrogen-bond donors (Lipinski definition) is 1. The summed E-state index contributed by atoms with van der Waals surface area (Å²) in [6, 6.07) is 14.2. The van der Waals surface area contributed by atoms with Crippen molar-refractivity contribution in [3.63, 3.8) is 0 Å². The second kappa shape index (κ2) is 7.05. The molecular formula is C20H25NO4. The number of para-hydroxylation sites is 2. The molecule has 0 fully saturated rings. The second-order valence-corrected chi connectivity index (χ2v) is 7.23. The molecule has 134 valence electrons. The van der Waals surface area contributed by atoms with Gasteiger partial charge in [0.15, 0.2) is 17.1 Å². The van der Waals surface area contributed by atoms with Gasteiger partial charge in [0.2, 0.25) is 0 Å². The van der Waals surface area contributed by atoms with Crippen LogP contribution in [-0.2, 0) is 9.53 Å². The monoisotopic (exact) mass is 343 g/mol. The first kappa shape index (κ1) is 18.6. The van der Waals surface area contributed by atoms with Gasteiger partial charge in [-0.1, -0.05) is 12.1 Å². The van der Waals surface area contributed by atoms with Crippen LogP contribution in [-0.4, -0.2) is 17.2 Å². The largest absolute Gasteiger partial charge is 0.472 e. The van der Waals surface area contributed by atoms with E-state index >= 15 is 0 Å². The van der Waals surface area contributed by atoms with Crippen LogP contribution in [0.1, 0.15) is 34.6 Å². The molecule has 0 heterocycles. The number of carbonyl (C=O) groups excluding carboxylic acids is 1. The summed E-state index contributed by atoms with van der Waals surface area (Å²) < 4.78 is 17.2. The van der Waals surface area contributed by atoms with Crippen molar-refractivity contribution in [2.45, 2.75) is 45.8 Å². The average Bonchev–Trinajstić information content (AvgIpc) is 2.49. The maximum absolute atomic E-state index is 12.4. The number of ether oxygens (including phenoxy) is 3. The van der Waals surface area contributed by atoms with Gasteiger partial charge >= 0.3 is 5.97 Å². The molecule has 2 aromatic rings. The lowest BCUT2D eigenvalue weighted by Gasteiger charge is -2.29. The molecular weight excluding hydrogens is 318 g/mol. The predicted molar refractivity (Wildman–Crippen MR) is 97.9 cm³/mol. The summed E-state index contributed by atoms with van der Waals surface area (Å²) in [4.78, 5) is 12.4. The number of hydrogen-bond acceptors (Lipinski definition) is 5. The van der Waals surface area contributed by atoms with Gasteiger partial charge < -0.3 is 19.9 Å². The van der Waals surface area contributed by atoms with Gasteiger partial charge in [-0.3, -0.25) is 0 Å². The van der Waals surface area contributed by atoms with Gasteiger partial charge in [0.25, 0.3) is 0 Å². The van der Waals surface area contributed by atoms with Gasteiger partial charge in [-0.25, -0.2) is 4.79 Å². The summed E-state index contributed by atoms with van der Waals surface area (Å²) in [6.45, 7) is 8.79. The Morgan fingerprint density at radius 3 is 2.00 bits per heavy atom. The van der Waals surface area contributed by atoms with Gasteiger partial charge in [0, 0.05) is 5.69 Å². The summed E-state index contributed by atoms with van der Waals surface area (Å²) in [6.07, 6.45) is 0. The van der Waals surface area contributed by atoms with Gasteiger partial charge in [0.1, 0.15) is 11.4 Å². The zero-order valence-electron chi connectivity index (χ0n) is 15.3. The van der Waals surface area contributed by atoms with E-state index in [1.807, 2.05) is 32.9 Å². The lowest BCUT2D eigenvalue weighted by molar-refractivity contribution is -0.171. The summed E-state index contributed by atoms with van der Waals surface area (Å²) >= 11 is 0. The Labute approximate surface area is 148 Å². The zero-order valence-corrected chi connectivity index (χ0v) is 15.3. The number of nitrogen functional groups attached to an aromatic ring is 1. The van der Waals surface area contributed by atoms with Crippen LogP contribution in [0.25, 0.3) is 0 Å². The van der Waals surface area contributed by atoms with E-state index in [0.717, 1.165) is 0 Å². The smallest absolute Gasteiger partial charge is 0.350 e. The molecule has 2 rings (SSSR count). The van der Waals surface area contributed by atoms with E-state index in [2.05, 4.69) is 0 Å². The Balaban J connectivity index is 2.19. The molecule has 0 atom stereocenters. The highest BCUT2D eigenvalue weighted by Crippen LogP contribution is 2.34. The van der Waals surface area contributed by atoms with E-state index in [0.29, 0.717) is 22.9 Å². The highest BCUT2D eigenvalue weighted by molar-refractivity contribution is 5.79. The van der Waals surface area contributed by atoms with E-state index in [1.54, 1.807) is 50.2 Å². The van der Waals surface area contributed by atoms with E-state index in [4.69, 9.17) is 19.9 Å². The normalized spacial score (nSPS) is 11.7. The topological polar surface area (TPSA) is 70.8 Å². The fourth-order valence-corrected chi connectivity index (χ4v) is 2.00. The van der Waals surface area contributed by atoms with Crippen LogP contribution in [0.4, 0.5) is 5.69 Å². The average molecular weight is 343 g/mol. The summed E-state index contributed by atoms with van der Waals surface area (Å²) in [5.74, 6) is 1.14. The minimum atomic E-state index is -1.16. The standard InChI is InChI=1S/C20H25NO4/c1-19(2,3)25-18(22)20(4,5)24-17-9-7-6-8-16(17)23-15-12-10-14(21)11-13-15/h6-13H,21H2,1-5H3. The minimum absolute atomic E-state index is 0.442. The van der Waals surface area contributed by atoms with E-state index < -0.39 is 17.2 Å². The fraction of sp³-hybridized carbons (Fsp3) is 0.350. The van der Waals surface area contributed by atoms with Crippen LogP contribution < -0.4 is 15.2 Å². The molecule has 2 aromatic carbocycles. The van der Waals surface area contributed by atoms with Crippen LogP contribution in [0.5, 0.6) is 17.2 Å². The molecule has 0 aliphatic heterocycles.